The fourth-order valence-electron chi connectivity index (χ4n) is 5.55. The zero-order valence-electron chi connectivity index (χ0n) is 23.7. The van der Waals surface area contributed by atoms with Crippen LogP contribution in [-0.4, -0.2) is 49.6 Å². The van der Waals surface area contributed by atoms with Gasteiger partial charge in [0.1, 0.15) is 12.2 Å². The van der Waals surface area contributed by atoms with E-state index in [1.165, 1.54) is 5.57 Å². The van der Waals surface area contributed by atoms with E-state index in [1.807, 2.05) is 40.7 Å². The topological polar surface area (TPSA) is 71.1 Å². The number of Topliss-reactive ketones (excluding diaryl/α,β-unsaturated/α-hetero) is 1. The van der Waals surface area contributed by atoms with Crippen LogP contribution in [0.1, 0.15) is 86.0 Å². The van der Waals surface area contributed by atoms with Gasteiger partial charge in [0.2, 0.25) is 0 Å². The van der Waals surface area contributed by atoms with Gasteiger partial charge in [0.25, 0.3) is 0 Å². The Morgan fingerprint density at radius 2 is 2.05 bits per heavy atom. The summed E-state index contributed by atoms with van der Waals surface area (Å²) in [6.07, 6.45) is 11.0. The Morgan fingerprint density at radius 1 is 1.26 bits per heavy atom. The van der Waals surface area contributed by atoms with Crippen LogP contribution in [0.4, 0.5) is 0 Å². The maximum absolute atomic E-state index is 13.0. The molecule has 6 atom stereocenters. The van der Waals surface area contributed by atoms with Crippen LogP contribution in [-0.2, 0) is 28.5 Å². The minimum absolute atomic E-state index is 0.0346. The highest BCUT2D eigenvalue weighted by atomic mass is 35.5. The van der Waals surface area contributed by atoms with Crippen LogP contribution in [0.25, 0.3) is 0 Å². The summed E-state index contributed by atoms with van der Waals surface area (Å²) in [5.74, 6) is 6.16. The summed E-state index contributed by atoms with van der Waals surface area (Å²) in [6.45, 7) is 10.6. The van der Waals surface area contributed by atoms with Gasteiger partial charge in [-0.3, -0.25) is 4.79 Å². The lowest BCUT2D eigenvalue weighted by molar-refractivity contribution is -0.192. The average molecular weight is 549 g/mol. The van der Waals surface area contributed by atoms with Crippen LogP contribution in [0.2, 0.25) is 0 Å². The van der Waals surface area contributed by atoms with Gasteiger partial charge >= 0.3 is 5.97 Å². The molecule has 0 aromatic heterocycles. The van der Waals surface area contributed by atoms with Gasteiger partial charge in [0.15, 0.2) is 12.1 Å². The molecule has 1 heterocycles. The van der Waals surface area contributed by atoms with Crippen LogP contribution in [0.3, 0.4) is 0 Å². The Bertz CT molecular complexity index is 930. The number of hydrogen-bond acceptors (Lipinski definition) is 6. The predicted molar refractivity (Wildman–Crippen MR) is 148 cm³/mol. The van der Waals surface area contributed by atoms with Crippen molar-refractivity contribution in [1.82, 2.24) is 0 Å². The number of halogens is 1. The molecule has 1 saturated carbocycles. The molecule has 6 nitrogen and oxygen atoms in total. The standard InChI is InChI=1S/C31H45ClO6/c1-6-7-8-11-21(2)30(34)26(32)19-25-24-17-22(13-15-35-20-28(33)38-31(3,4)5)16-23(24)18-27(25)37-29-12-9-10-14-36-29/h16,19,21,23-25,27,29H,6,9-15,17-18,20H2,1-5H3. The second kappa shape index (κ2) is 14.7. The third-order valence-electron chi connectivity index (χ3n) is 7.33. The Hall–Kier alpha value is -1.65. The van der Waals surface area contributed by atoms with Crippen LogP contribution >= 0.6 is 11.6 Å². The molecule has 0 N–H and O–H groups in total. The van der Waals surface area contributed by atoms with Gasteiger partial charge in [-0.05, 0) is 71.1 Å². The first-order valence-corrected chi connectivity index (χ1v) is 14.6. The highest BCUT2D eigenvalue weighted by Crippen LogP contribution is 2.50. The summed E-state index contributed by atoms with van der Waals surface area (Å²) >= 11 is 6.63. The van der Waals surface area contributed by atoms with Gasteiger partial charge < -0.3 is 18.9 Å². The number of ketones is 1. The Morgan fingerprint density at radius 3 is 2.74 bits per heavy atom. The zero-order valence-corrected chi connectivity index (χ0v) is 24.5. The molecular formula is C31H45ClO6. The molecule has 0 bridgehead atoms. The quantitative estimate of drug-likeness (QED) is 0.0983. The predicted octanol–water partition coefficient (Wildman–Crippen LogP) is 6.36. The third kappa shape index (κ3) is 9.52. The highest BCUT2D eigenvalue weighted by molar-refractivity contribution is 6.42. The molecule has 0 aromatic carbocycles. The smallest absolute Gasteiger partial charge is 0.332 e. The van der Waals surface area contributed by atoms with Gasteiger partial charge in [-0.25, -0.2) is 4.79 Å². The van der Waals surface area contributed by atoms with E-state index in [9.17, 15) is 9.59 Å². The van der Waals surface area contributed by atoms with Gasteiger partial charge in [-0.15, -0.1) is 11.8 Å². The van der Waals surface area contributed by atoms with E-state index in [0.29, 0.717) is 24.9 Å². The first kappa shape index (κ1) is 30.9. The second-order valence-corrected chi connectivity index (χ2v) is 12.1. The average Bonchev–Trinajstić information content (AvgIpc) is 3.39. The molecule has 0 spiro atoms. The summed E-state index contributed by atoms with van der Waals surface area (Å²) in [5, 5.41) is 0.286. The van der Waals surface area contributed by atoms with E-state index in [0.717, 1.165) is 51.6 Å². The molecule has 38 heavy (non-hydrogen) atoms. The van der Waals surface area contributed by atoms with Gasteiger partial charge in [-0.1, -0.05) is 43.2 Å². The molecule has 0 amide bonds. The minimum atomic E-state index is -0.515. The Labute approximate surface area is 233 Å². The fourth-order valence-corrected chi connectivity index (χ4v) is 5.88. The molecule has 2 aliphatic carbocycles. The lowest BCUT2D eigenvalue weighted by Gasteiger charge is -2.29. The summed E-state index contributed by atoms with van der Waals surface area (Å²) in [5.41, 5.74) is 0.805. The van der Waals surface area contributed by atoms with Crippen molar-refractivity contribution in [1.29, 1.82) is 0 Å². The Balaban J connectivity index is 1.62. The molecule has 212 valence electrons. The minimum Gasteiger partial charge on any atom is -0.458 e. The van der Waals surface area contributed by atoms with Crippen molar-refractivity contribution in [3.63, 3.8) is 0 Å². The van der Waals surface area contributed by atoms with Gasteiger partial charge in [0.05, 0.1) is 17.7 Å². The normalized spacial score (nSPS) is 28.2. The maximum Gasteiger partial charge on any atom is 0.332 e. The van der Waals surface area contributed by atoms with Crippen molar-refractivity contribution in [2.24, 2.45) is 23.7 Å². The number of rotatable bonds is 11. The second-order valence-electron chi connectivity index (χ2n) is 11.7. The molecule has 2 fully saturated rings. The SMILES string of the molecule is CCC#CCC(C)C(=O)C(Cl)=CC1C(OC2CCCCO2)CC2C=C(CCOCC(=O)OC(C)(C)C)CC21. The molecule has 0 aromatic rings. The number of fused-ring (bicyclic) bond motifs is 1. The van der Waals surface area contributed by atoms with Crippen molar-refractivity contribution in [2.45, 2.75) is 104 Å². The fraction of sp³-hybridized carbons (Fsp3) is 0.742. The van der Waals surface area contributed by atoms with Crippen molar-refractivity contribution < 1.29 is 28.5 Å². The summed E-state index contributed by atoms with van der Waals surface area (Å²) in [4.78, 5) is 24.9. The van der Waals surface area contributed by atoms with E-state index in [1.54, 1.807) is 0 Å². The molecule has 3 aliphatic rings. The Kier molecular flexibility index (Phi) is 11.9. The number of ether oxygens (including phenoxy) is 4. The molecule has 3 rings (SSSR count). The first-order valence-electron chi connectivity index (χ1n) is 14.2. The van der Waals surface area contributed by atoms with Crippen molar-refractivity contribution >= 4 is 23.4 Å². The lowest BCUT2D eigenvalue weighted by atomic mass is 9.88. The van der Waals surface area contributed by atoms with Gasteiger partial charge in [0, 0.05) is 31.3 Å². The summed E-state index contributed by atoms with van der Waals surface area (Å²) in [6, 6.07) is 0. The highest BCUT2D eigenvalue weighted by Gasteiger charge is 2.46. The number of hydrogen-bond donors (Lipinski definition) is 0. The summed E-state index contributed by atoms with van der Waals surface area (Å²) < 4.78 is 23.2. The third-order valence-corrected chi connectivity index (χ3v) is 7.64. The first-order chi connectivity index (χ1) is 18.1. The largest absolute Gasteiger partial charge is 0.458 e. The lowest BCUT2D eigenvalue weighted by Crippen LogP contribution is -2.31. The summed E-state index contributed by atoms with van der Waals surface area (Å²) in [7, 11) is 0. The van der Waals surface area contributed by atoms with E-state index < -0.39 is 5.60 Å². The monoisotopic (exact) mass is 548 g/mol. The van der Waals surface area contributed by atoms with Gasteiger partial charge in [-0.2, -0.15) is 0 Å². The van der Waals surface area contributed by atoms with E-state index >= 15 is 0 Å². The zero-order chi connectivity index (χ0) is 27.7. The number of esters is 1. The molecule has 6 unspecified atom stereocenters. The van der Waals surface area contributed by atoms with Crippen LogP contribution in [0, 0.1) is 35.5 Å². The molecule has 0 radical (unpaired) electrons. The number of carbonyl (C=O) groups is 2. The molecule has 1 saturated heterocycles. The van der Waals surface area contributed by atoms with E-state index in [4.69, 9.17) is 30.5 Å². The molecule has 1 aliphatic heterocycles. The molecule has 7 heteroatoms. The maximum atomic E-state index is 13.0. The van der Waals surface area contributed by atoms with E-state index in [-0.39, 0.29) is 47.6 Å². The number of carbonyl (C=O) groups excluding carboxylic acids is 2. The number of allylic oxidation sites excluding steroid dienone is 2. The molecular weight excluding hydrogens is 504 g/mol. The van der Waals surface area contributed by atoms with Crippen molar-refractivity contribution in [3.8, 4) is 11.8 Å². The van der Waals surface area contributed by atoms with Crippen molar-refractivity contribution in [3.05, 3.63) is 22.8 Å². The van der Waals surface area contributed by atoms with Crippen LogP contribution in [0.5, 0.6) is 0 Å². The van der Waals surface area contributed by atoms with Crippen LogP contribution < -0.4 is 0 Å². The van der Waals surface area contributed by atoms with E-state index in [2.05, 4.69) is 17.9 Å². The van der Waals surface area contributed by atoms with Crippen molar-refractivity contribution in [2.75, 3.05) is 19.8 Å². The van der Waals surface area contributed by atoms with Crippen LogP contribution in [0.15, 0.2) is 22.8 Å².